The number of hydrogen-bond donors (Lipinski definition) is 1. The average molecular weight is 359 g/mol. The van der Waals surface area contributed by atoms with Crippen LogP contribution in [0.15, 0.2) is 59.5 Å². The minimum atomic E-state index is 0.0712. The summed E-state index contributed by atoms with van der Waals surface area (Å²) in [5.41, 5.74) is 1.08. The second-order valence-corrected chi connectivity index (χ2v) is 7.11. The molecule has 0 aromatic heterocycles. The summed E-state index contributed by atoms with van der Waals surface area (Å²) in [5, 5.41) is 3.05. The topological polar surface area (TPSA) is 41.6 Å². The van der Waals surface area contributed by atoms with Crippen molar-refractivity contribution in [2.75, 3.05) is 33.5 Å². The van der Waals surface area contributed by atoms with Gasteiger partial charge in [-0.3, -0.25) is 4.79 Å². The van der Waals surface area contributed by atoms with Gasteiger partial charge in [-0.25, -0.2) is 0 Å². The Morgan fingerprint density at radius 1 is 1.12 bits per heavy atom. The number of benzene rings is 2. The van der Waals surface area contributed by atoms with Crippen LogP contribution in [-0.2, 0) is 4.79 Å². The summed E-state index contributed by atoms with van der Waals surface area (Å²) in [6.45, 7) is 0.558. The number of para-hydroxylation sites is 1. The molecule has 2 aromatic rings. The van der Waals surface area contributed by atoms with Crippen molar-refractivity contribution in [3.05, 3.63) is 60.2 Å². The van der Waals surface area contributed by atoms with Crippen molar-refractivity contribution in [1.82, 2.24) is 10.2 Å². The predicted molar refractivity (Wildman–Crippen MR) is 104 cm³/mol. The summed E-state index contributed by atoms with van der Waals surface area (Å²) in [7, 11) is 5.69. The van der Waals surface area contributed by atoms with Gasteiger partial charge in [-0.15, -0.1) is 11.8 Å². The third-order valence-corrected chi connectivity index (χ3v) is 4.97. The van der Waals surface area contributed by atoms with Crippen molar-refractivity contribution in [1.29, 1.82) is 0 Å². The van der Waals surface area contributed by atoms with Gasteiger partial charge in [0.15, 0.2) is 0 Å². The molecule has 0 aliphatic rings. The number of ether oxygens (including phenoxy) is 1. The van der Waals surface area contributed by atoms with Gasteiger partial charge in [-0.1, -0.05) is 36.4 Å². The number of likely N-dealkylation sites (N-methyl/N-ethyl adjacent to an activating group) is 1. The van der Waals surface area contributed by atoms with Gasteiger partial charge in [-0.2, -0.15) is 0 Å². The first-order chi connectivity index (χ1) is 12.1. The van der Waals surface area contributed by atoms with Crippen molar-refractivity contribution in [2.24, 2.45) is 0 Å². The van der Waals surface area contributed by atoms with Gasteiger partial charge in [0.05, 0.1) is 13.2 Å². The summed E-state index contributed by atoms with van der Waals surface area (Å²) in [6, 6.07) is 18.2. The number of rotatable bonds is 9. The highest BCUT2D eigenvalue weighted by molar-refractivity contribution is 7.99. The molecule has 1 unspecified atom stereocenters. The van der Waals surface area contributed by atoms with E-state index in [-0.39, 0.29) is 11.9 Å². The van der Waals surface area contributed by atoms with Gasteiger partial charge >= 0.3 is 0 Å². The average Bonchev–Trinajstić information content (AvgIpc) is 2.63. The van der Waals surface area contributed by atoms with Gasteiger partial charge in [0.1, 0.15) is 5.75 Å². The molecule has 2 aromatic carbocycles. The zero-order valence-electron chi connectivity index (χ0n) is 15.1. The number of amides is 1. The zero-order valence-corrected chi connectivity index (χ0v) is 15.9. The Morgan fingerprint density at radius 3 is 2.48 bits per heavy atom. The summed E-state index contributed by atoms with van der Waals surface area (Å²) < 4.78 is 5.45. The smallest absolute Gasteiger partial charge is 0.220 e. The molecule has 1 atom stereocenters. The first kappa shape index (κ1) is 19.3. The van der Waals surface area contributed by atoms with Crippen molar-refractivity contribution in [2.45, 2.75) is 17.4 Å². The molecular formula is C20H26N2O2S. The molecule has 0 heterocycles. The van der Waals surface area contributed by atoms with Crippen LogP contribution in [0.2, 0.25) is 0 Å². The Balaban J connectivity index is 1.85. The Morgan fingerprint density at radius 2 is 1.80 bits per heavy atom. The molecule has 0 bridgehead atoms. The van der Waals surface area contributed by atoms with Crippen LogP contribution in [0.1, 0.15) is 18.0 Å². The summed E-state index contributed by atoms with van der Waals surface area (Å²) in [6.07, 6.45) is 0.506. The fourth-order valence-corrected chi connectivity index (χ4v) is 3.46. The molecule has 4 nitrogen and oxygen atoms in total. The molecule has 134 valence electrons. The number of thioether (sulfide) groups is 1. The van der Waals surface area contributed by atoms with Crippen LogP contribution in [0.4, 0.5) is 0 Å². The lowest BCUT2D eigenvalue weighted by molar-refractivity contribution is -0.120. The lowest BCUT2D eigenvalue weighted by Gasteiger charge is -2.26. The molecule has 0 saturated carbocycles. The maximum Gasteiger partial charge on any atom is 0.220 e. The van der Waals surface area contributed by atoms with E-state index in [0.29, 0.717) is 13.0 Å². The molecule has 1 amide bonds. The van der Waals surface area contributed by atoms with E-state index in [1.54, 1.807) is 18.9 Å². The van der Waals surface area contributed by atoms with E-state index in [0.717, 1.165) is 17.1 Å². The third-order valence-electron chi connectivity index (χ3n) is 3.95. The first-order valence-corrected chi connectivity index (χ1v) is 9.34. The Kier molecular flexibility index (Phi) is 7.82. The Hall–Kier alpha value is -1.98. The highest BCUT2D eigenvalue weighted by atomic mass is 32.2. The standard InChI is InChI=1S/C20H26N2O2S/c1-22(2)18(17-11-7-8-12-19(17)24-3)15-21-20(23)13-14-25-16-9-5-4-6-10-16/h4-12,18H,13-15H2,1-3H3,(H,21,23). The van der Waals surface area contributed by atoms with E-state index in [1.807, 2.05) is 56.6 Å². The van der Waals surface area contributed by atoms with Crippen molar-refractivity contribution in [3.8, 4) is 5.75 Å². The molecule has 5 heteroatoms. The largest absolute Gasteiger partial charge is 0.496 e. The predicted octanol–water partition coefficient (Wildman–Crippen LogP) is 3.60. The Bertz CT molecular complexity index is 662. The molecule has 1 N–H and O–H groups in total. The molecule has 25 heavy (non-hydrogen) atoms. The van der Waals surface area contributed by atoms with Gasteiger partial charge in [0.2, 0.25) is 5.91 Å². The maximum atomic E-state index is 12.2. The number of nitrogens with one attached hydrogen (secondary N) is 1. The van der Waals surface area contributed by atoms with E-state index >= 15 is 0 Å². The lowest BCUT2D eigenvalue weighted by Crippen LogP contribution is -2.34. The van der Waals surface area contributed by atoms with E-state index < -0.39 is 0 Å². The quantitative estimate of drug-likeness (QED) is 0.696. The van der Waals surface area contributed by atoms with Gasteiger partial charge in [0.25, 0.3) is 0 Å². The second kappa shape index (κ2) is 10.1. The van der Waals surface area contributed by atoms with E-state index in [9.17, 15) is 4.79 Å². The van der Waals surface area contributed by atoms with Gasteiger partial charge < -0.3 is 15.0 Å². The molecule has 0 spiro atoms. The molecule has 0 radical (unpaired) electrons. The van der Waals surface area contributed by atoms with Crippen molar-refractivity contribution in [3.63, 3.8) is 0 Å². The monoisotopic (exact) mass is 358 g/mol. The lowest BCUT2D eigenvalue weighted by atomic mass is 10.0. The minimum Gasteiger partial charge on any atom is -0.496 e. The maximum absolute atomic E-state index is 12.2. The fourth-order valence-electron chi connectivity index (χ4n) is 2.59. The van der Waals surface area contributed by atoms with Crippen LogP contribution in [0.5, 0.6) is 5.75 Å². The number of hydrogen-bond acceptors (Lipinski definition) is 4. The number of carbonyl (C=O) groups excluding carboxylic acids is 1. The van der Waals surface area contributed by atoms with Crippen LogP contribution < -0.4 is 10.1 Å². The van der Waals surface area contributed by atoms with E-state index in [2.05, 4.69) is 22.3 Å². The summed E-state index contributed by atoms with van der Waals surface area (Å²) in [4.78, 5) is 15.5. The zero-order chi connectivity index (χ0) is 18.1. The molecule has 0 aliphatic heterocycles. The van der Waals surface area contributed by atoms with Crippen LogP contribution in [0, 0.1) is 0 Å². The van der Waals surface area contributed by atoms with Crippen LogP contribution in [0.25, 0.3) is 0 Å². The molecule has 0 aliphatic carbocycles. The molecule has 0 fully saturated rings. The summed E-state index contributed by atoms with van der Waals surface area (Å²) >= 11 is 1.70. The van der Waals surface area contributed by atoms with Crippen LogP contribution in [-0.4, -0.2) is 44.3 Å². The van der Waals surface area contributed by atoms with Gasteiger partial charge in [0, 0.05) is 29.2 Å². The van der Waals surface area contributed by atoms with Crippen molar-refractivity contribution < 1.29 is 9.53 Å². The Labute approximate surface area is 154 Å². The molecule has 0 saturated heterocycles. The third kappa shape index (κ3) is 6.11. The van der Waals surface area contributed by atoms with E-state index in [1.165, 1.54) is 4.90 Å². The molecule has 2 rings (SSSR count). The van der Waals surface area contributed by atoms with E-state index in [4.69, 9.17) is 4.74 Å². The van der Waals surface area contributed by atoms with Gasteiger partial charge in [-0.05, 0) is 32.3 Å². The molecular weight excluding hydrogens is 332 g/mol. The first-order valence-electron chi connectivity index (χ1n) is 8.35. The summed E-state index contributed by atoms with van der Waals surface area (Å²) in [5.74, 6) is 1.69. The number of methoxy groups -OCH3 is 1. The van der Waals surface area contributed by atoms with Crippen LogP contribution in [0.3, 0.4) is 0 Å². The second-order valence-electron chi connectivity index (χ2n) is 5.94. The SMILES string of the molecule is COc1ccccc1C(CNC(=O)CCSc1ccccc1)N(C)C. The fraction of sp³-hybridized carbons (Fsp3) is 0.350. The highest BCUT2D eigenvalue weighted by Gasteiger charge is 2.18. The number of nitrogens with zero attached hydrogens (tertiary/aromatic N) is 1. The highest BCUT2D eigenvalue weighted by Crippen LogP contribution is 2.27. The minimum absolute atomic E-state index is 0.0712. The number of carbonyl (C=O) groups is 1. The van der Waals surface area contributed by atoms with Crippen LogP contribution >= 0.6 is 11.8 Å². The van der Waals surface area contributed by atoms with Crippen molar-refractivity contribution >= 4 is 17.7 Å². The normalized spacial score (nSPS) is 12.0.